The molecule has 0 saturated heterocycles. The molecule has 0 spiro atoms. The van der Waals surface area contributed by atoms with Gasteiger partial charge in [0, 0.05) is 11.9 Å². The van der Waals surface area contributed by atoms with Crippen LogP contribution in [-0.4, -0.2) is 5.91 Å². The SMILES string of the molecule is N#C/C(=C/Nc1ccc(F)c(F)c1F)C(=O)Nc1ccc(N)cc1Cl. The number of nitrogens with two attached hydrogens (primary N) is 1. The Hall–Kier alpha value is -3.18. The first-order valence-corrected chi connectivity index (χ1v) is 7.08. The zero-order chi connectivity index (χ0) is 18.6. The highest BCUT2D eigenvalue weighted by atomic mass is 35.5. The summed E-state index contributed by atoms with van der Waals surface area (Å²) >= 11 is 5.91. The third-order valence-electron chi connectivity index (χ3n) is 3.01. The summed E-state index contributed by atoms with van der Waals surface area (Å²) in [5.74, 6) is -5.35. The lowest BCUT2D eigenvalue weighted by Gasteiger charge is -2.08. The van der Waals surface area contributed by atoms with E-state index in [1.165, 1.54) is 18.2 Å². The highest BCUT2D eigenvalue weighted by Crippen LogP contribution is 2.24. The van der Waals surface area contributed by atoms with E-state index in [-0.39, 0.29) is 10.7 Å². The van der Waals surface area contributed by atoms with Crippen LogP contribution >= 0.6 is 11.6 Å². The molecule has 1 amide bonds. The fourth-order valence-electron chi connectivity index (χ4n) is 1.76. The number of carbonyl (C=O) groups excluding carboxylic acids is 1. The fraction of sp³-hybridized carbons (Fsp3) is 0. The average Bonchev–Trinajstić information content (AvgIpc) is 2.57. The van der Waals surface area contributed by atoms with Crippen molar-refractivity contribution in [3.05, 3.63) is 64.6 Å². The van der Waals surface area contributed by atoms with Crippen LogP contribution in [0.4, 0.5) is 30.2 Å². The quantitative estimate of drug-likeness (QED) is 0.332. The molecular formula is C16H10ClF3N4O. The third-order valence-corrected chi connectivity index (χ3v) is 3.33. The van der Waals surface area contributed by atoms with Gasteiger partial charge < -0.3 is 16.4 Å². The van der Waals surface area contributed by atoms with Crippen LogP contribution in [0.1, 0.15) is 0 Å². The number of nitrogen functional groups attached to an aromatic ring is 1. The van der Waals surface area contributed by atoms with Crippen LogP contribution in [-0.2, 0) is 4.79 Å². The second-order valence-corrected chi connectivity index (χ2v) is 5.14. The van der Waals surface area contributed by atoms with Gasteiger partial charge in [-0.1, -0.05) is 11.6 Å². The van der Waals surface area contributed by atoms with E-state index in [1.54, 1.807) is 6.07 Å². The van der Waals surface area contributed by atoms with Crippen molar-refractivity contribution in [2.45, 2.75) is 0 Å². The molecule has 0 radical (unpaired) electrons. The fourth-order valence-corrected chi connectivity index (χ4v) is 1.99. The molecule has 4 N–H and O–H groups in total. The van der Waals surface area contributed by atoms with Crippen molar-refractivity contribution in [1.82, 2.24) is 0 Å². The topological polar surface area (TPSA) is 90.9 Å². The van der Waals surface area contributed by atoms with Gasteiger partial charge in [-0.3, -0.25) is 4.79 Å². The van der Waals surface area contributed by atoms with Gasteiger partial charge in [0.05, 0.1) is 16.4 Å². The van der Waals surface area contributed by atoms with E-state index in [0.29, 0.717) is 11.8 Å². The van der Waals surface area contributed by atoms with Crippen molar-refractivity contribution >= 4 is 34.6 Å². The summed E-state index contributed by atoms with van der Waals surface area (Å²) in [5.41, 5.74) is 5.24. The molecule has 0 atom stereocenters. The van der Waals surface area contributed by atoms with Crippen molar-refractivity contribution in [3.8, 4) is 6.07 Å². The molecule has 0 aliphatic carbocycles. The number of amides is 1. The molecule has 128 valence electrons. The first kappa shape index (κ1) is 18.2. The molecular weight excluding hydrogens is 357 g/mol. The number of nitrogens with zero attached hydrogens (tertiary/aromatic N) is 1. The molecule has 0 aliphatic heterocycles. The summed E-state index contributed by atoms with van der Waals surface area (Å²) in [6, 6.07) is 7.56. The lowest BCUT2D eigenvalue weighted by molar-refractivity contribution is -0.112. The molecule has 2 aromatic carbocycles. The maximum atomic E-state index is 13.5. The molecule has 0 heterocycles. The molecule has 0 fully saturated rings. The lowest BCUT2D eigenvalue weighted by atomic mass is 10.2. The van der Waals surface area contributed by atoms with Crippen molar-refractivity contribution in [2.75, 3.05) is 16.4 Å². The number of nitrogens with one attached hydrogen (secondary N) is 2. The summed E-state index contributed by atoms with van der Waals surface area (Å²) in [5, 5.41) is 13.8. The Morgan fingerprint density at radius 2 is 1.84 bits per heavy atom. The molecule has 0 aromatic heterocycles. The summed E-state index contributed by atoms with van der Waals surface area (Å²) < 4.78 is 39.5. The van der Waals surface area contributed by atoms with Crippen molar-refractivity contribution in [3.63, 3.8) is 0 Å². The molecule has 0 unspecified atom stereocenters. The first-order chi connectivity index (χ1) is 11.8. The number of halogens is 4. The molecule has 25 heavy (non-hydrogen) atoms. The lowest BCUT2D eigenvalue weighted by Crippen LogP contribution is -2.15. The predicted octanol–water partition coefficient (Wildman–Crippen LogP) is 3.80. The van der Waals surface area contributed by atoms with E-state index >= 15 is 0 Å². The van der Waals surface area contributed by atoms with Gasteiger partial charge in [0.2, 0.25) is 0 Å². The average molecular weight is 367 g/mol. The molecule has 0 bridgehead atoms. The summed E-state index contributed by atoms with van der Waals surface area (Å²) in [7, 11) is 0. The van der Waals surface area contributed by atoms with Gasteiger partial charge in [-0.2, -0.15) is 5.26 Å². The standard InChI is InChI=1S/C16H10ClF3N4O/c17-10-5-9(22)1-3-12(10)24-16(25)8(6-21)7-23-13-4-2-11(18)14(19)15(13)20/h1-5,7,23H,22H2,(H,24,25)/b8-7-. The minimum Gasteiger partial charge on any atom is -0.399 e. The Kier molecular flexibility index (Phi) is 5.52. The van der Waals surface area contributed by atoms with Gasteiger partial charge in [0.1, 0.15) is 11.6 Å². The van der Waals surface area contributed by atoms with Crippen LogP contribution in [0.3, 0.4) is 0 Å². The van der Waals surface area contributed by atoms with E-state index < -0.39 is 34.6 Å². The maximum absolute atomic E-state index is 13.5. The smallest absolute Gasteiger partial charge is 0.267 e. The van der Waals surface area contributed by atoms with Crippen molar-refractivity contribution < 1.29 is 18.0 Å². The highest BCUT2D eigenvalue weighted by molar-refractivity contribution is 6.34. The third kappa shape index (κ3) is 4.22. The number of benzene rings is 2. The Labute approximate surface area is 145 Å². The van der Waals surface area contributed by atoms with Crippen LogP contribution in [0, 0.1) is 28.8 Å². The van der Waals surface area contributed by atoms with Gasteiger partial charge in [0.25, 0.3) is 5.91 Å². The van der Waals surface area contributed by atoms with Crippen LogP contribution in [0.5, 0.6) is 0 Å². The van der Waals surface area contributed by atoms with Gasteiger partial charge in [0.15, 0.2) is 17.5 Å². The van der Waals surface area contributed by atoms with Crippen LogP contribution in [0.15, 0.2) is 42.1 Å². The Balaban J connectivity index is 2.19. The Bertz CT molecular complexity index is 909. The van der Waals surface area contributed by atoms with Gasteiger partial charge in [-0.15, -0.1) is 0 Å². The number of carbonyl (C=O) groups is 1. The second kappa shape index (κ2) is 7.59. The van der Waals surface area contributed by atoms with E-state index in [4.69, 9.17) is 22.6 Å². The summed E-state index contributed by atoms with van der Waals surface area (Å²) in [6.45, 7) is 0. The summed E-state index contributed by atoms with van der Waals surface area (Å²) in [6.07, 6.45) is 0.857. The molecule has 5 nitrogen and oxygen atoms in total. The highest BCUT2D eigenvalue weighted by Gasteiger charge is 2.15. The van der Waals surface area contributed by atoms with Crippen LogP contribution in [0.2, 0.25) is 5.02 Å². The Morgan fingerprint density at radius 1 is 1.16 bits per heavy atom. The van der Waals surface area contributed by atoms with Gasteiger partial charge >= 0.3 is 0 Å². The number of rotatable bonds is 4. The molecule has 2 rings (SSSR count). The van der Waals surface area contributed by atoms with Crippen LogP contribution in [0.25, 0.3) is 0 Å². The number of hydrogen-bond donors (Lipinski definition) is 3. The molecule has 2 aromatic rings. The summed E-state index contributed by atoms with van der Waals surface area (Å²) in [4.78, 5) is 12.0. The number of anilines is 3. The molecule has 0 aliphatic rings. The van der Waals surface area contributed by atoms with E-state index in [1.807, 2.05) is 0 Å². The van der Waals surface area contributed by atoms with E-state index in [0.717, 1.165) is 12.3 Å². The number of nitriles is 1. The second-order valence-electron chi connectivity index (χ2n) is 4.73. The first-order valence-electron chi connectivity index (χ1n) is 6.70. The number of hydrogen-bond acceptors (Lipinski definition) is 4. The predicted molar refractivity (Wildman–Crippen MR) is 88.1 cm³/mol. The van der Waals surface area contributed by atoms with Crippen molar-refractivity contribution in [2.24, 2.45) is 0 Å². The minimum absolute atomic E-state index is 0.158. The minimum atomic E-state index is -1.67. The molecule has 9 heteroatoms. The normalized spacial score (nSPS) is 10.9. The molecule has 0 saturated carbocycles. The zero-order valence-corrected chi connectivity index (χ0v) is 13.2. The zero-order valence-electron chi connectivity index (χ0n) is 12.4. The van der Waals surface area contributed by atoms with E-state index in [2.05, 4.69) is 10.6 Å². The van der Waals surface area contributed by atoms with Gasteiger partial charge in [-0.25, -0.2) is 13.2 Å². The van der Waals surface area contributed by atoms with E-state index in [9.17, 15) is 18.0 Å². The maximum Gasteiger partial charge on any atom is 0.267 e. The Morgan fingerprint density at radius 3 is 2.48 bits per heavy atom. The van der Waals surface area contributed by atoms with Gasteiger partial charge in [-0.05, 0) is 30.3 Å². The monoisotopic (exact) mass is 366 g/mol. The largest absolute Gasteiger partial charge is 0.399 e. The van der Waals surface area contributed by atoms with Crippen molar-refractivity contribution in [1.29, 1.82) is 5.26 Å². The van der Waals surface area contributed by atoms with Crippen LogP contribution < -0.4 is 16.4 Å².